The van der Waals surface area contributed by atoms with Gasteiger partial charge in [-0.2, -0.15) is 0 Å². The van der Waals surface area contributed by atoms with E-state index in [9.17, 15) is 4.79 Å². The molecule has 2 aromatic rings. The minimum Gasteiger partial charge on any atom is -0.370 e. The SMILES string of the molecule is NC(=O)CCCCn1c(CCl)nc2cc(Cl)c(Cl)cc21. The molecule has 108 valence electrons. The monoisotopic (exact) mass is 333 g/mol. The highest BCUT2D eigenvalue weighted by Crippen LogP contribution is 2.29. The summed E-state index contributed by atoms with van der Waals surface area (Å²) in [6, 6.07) is 3.52. The van der Waals surface area contributed by atoms with Crippen LogP contribution in [-0.4, -0.2) is 15.5 Å². The van der Waals surface area contributed by atoms with Gasteiger partial charge in [0.1, 0.15) is 5.82 Å². The third-order valence-corrected chi connectivity index (χ3v) is 4.00. The Bertz CT molecular complexity index is 639. The van der Waals surface area contributed by atoms with Crippen LogP contribution in [0.5, 0.6) is 0 Å². The van der Waals surface area contributed by atoms with Crippen LogP contribution in [0, 0.1) is 0 Å². The molecule has 4 nitrogen and oxygen atoms in total. The van der Waals surface area contributed by atoms with Crippen molar-refractivity contribution in [3.05, 3.63) is 28.0 Å². The number of hydrogen-bond donors (Lipinski definition) is 1. The number of aryl methyl sites for hydroxylation is 1. The second-order valence-corrected chi connectivity index (χ2v) is 5.57. The molecule has 7 heteroatoms. The molecule has 0 radical (unpaired) electrons. The van der Waals surface area contributed by atoms with Gasteiger partial charge in [-0.05, 0) is 25.0 Å². The lowest BCUT2D eigenvalue weighted by Gasteiger charge is -2.07. The van der Waals surface area contributed by atoms with Crippen LogP contribution in [0.25, 0.3) is 11.0 Å². The molecule has 1 aromatic heterocycles. The predicted molar refractivity (Wildman–Crippen MR) is 82.4 cm³/mol. The summed E-state index contributed by atoms with van der Waals surface area (Å²) in [7, 11) is 0. The first kappa shape index (κ1) is 15.4. The number of benzene rings is 1. The molecule has 1 amide bonds. The number of carbonyl (C=O) groups is 1. The van der Waals surface area contributed by atoms with Gasteiger partial charge in [0.25, 0.3) is 0 Å². The van der Waals surface area contributed by atoms with Gasteiger partial charge in [-0.3, -0.25) is 4.79 Å². The van der Waals surface area contributed by atoms with E-state index in [1.807, 2.05) is 4.57 Å². The second kappa shape index (κ2) is 6.66. The van der Waals surface area contributed by atoms with Gasteiger partial charge in [0.05, 0.1) is 27.0 Å². The lowest BCUT2D eigenvalue weighted by atomic mass is 10.2. The van der Waals surface area contributed by atoms with Gasteiger partial charge in [0.15, 0.2) is 0 Å². The maximum atomic E-state index is 10.7. The first-order valence-electron chi connectivity index (χ1n) is 6.21. The summed E-state index contributed by atoms with van der Waals surface area (Å²) in [6.45, 7) is 0.712. The van der Waals surface area contributed by atoms with Crippen LogP contribution in [0.3, 0.4) is 0 Å². The van der Waals surface area contributed by atoms with Crippen molar-refractivity contribution < 1.29 is 4.79 Å². The molecule has 0 spiro atoms. The van der Waals surface area contributed by atoms with Crippen LogP contribution in [-0.2, 0) is 17.2 Å². The van der Waals surface area contributed by atoms with Crippen LogP contribution in [0.2, 0.25) is 10.0 Å². The average molecular weight is 335 g/mol. The van der Waals surface area contributed by atoms with Crippen molar-refractivity contribution in [2.75, 3.05) is 0 Å². The lowest BCUT2D eigenvalue weighted by molar-refractivity contribution is -0.118. The number of alkyl halides is 1. The van der Waals surface area contributed by atoms with Crippen LogP contribution >= 0.6 is 34.8 Å². The van der Waals surface area contributed by atoms with Gasteiger partial charge in [-0.15, -0.1) is 11.6 Å². The Morgan fingerprint density at radius 1 is 1.25 bits per heavy atom. The van der Waals surface area contributed by atoms with Crippen molar-refractivity contribution in [2.45, 2.75) is 31.7 Å². The summed E-state index contributed by atoms with van der Waals surface area (Å²) in [5, 5.41) is 0.956. The number of hydrogen-bond acceptors (Lipinski definition) is 2. The summed E-state index contributed by atoms with van der Waals surface area (Å²) in [4.78, 5) is 15.2. The predicted octanol–water partition coefficient (Wildman–Crippen LogP) is 3.74. The van der Waals surface area contributed by atoms with Crippen molar-refractivity contribution in [3.63, 3.8) is 0 Å². The minimum atomic E-state index is -0.284. The molecule has 20 heavy (non-hydrogen) atoms. The smallest absolute Gasteiger partial charge is 0.217 e. The number of fused-ring (bicyclic) bond motifs is 1. The van der Waals surface area contributed by atoms with Crippen LogP contribution in [0.4, 0.5) is 0 Å². The van der Waals surface area contributed by atoms with Crippen molar-refractivity contribution in [3.8, 4) is 0 Å². The molecule has 1 heterocycles. The van der Waals surface area contributed by atoms with Gasteiger partial charge >= 0.3 is 0 Å². The highest BCUT2D eigenvalue weighted by atomic mass is 35.5. The minimum absolute atomic E-state index is 0.284. The number of nitrogens with zero attached hydrogens (tertiary/aromatic N) is 2. The summed E-state index contributed by atoms with van der Waals surface area (Å²) in [5.41, 5.74) is 6.79. The molecule has 0 aliphatic rings. The molecule has 0 aliphatic heterocycles. The third-order valence-electron chi connectivity index (χ3n) is 3.04. The van der Waals surface area contributed by atoms with E-state index >= 15 is 0 Å². The van der Waals surface area contributed by atoms with Crippen molar-refractivity contribution >= 4 is 51.7 Å². The number of imidazole rings is 1. The van der Waals surface area contributed by atoms with E-state index in [0.29, 0.717) is 28.9 Å². The van der Waals surface area contributed by atoms with E-state index in [1.165, 1.54) is 0 Å². The van der Waals surface area contributed by atoms with Crippen molar-refractivity contribution in [1.82, 2.24) is 9.55 Å². The third kappa shape index (κ3) is 3.37. The Balaban J connectivity index is 2.25. The van der Waals surface area contributed by atoms with Crippen LogP contribution < -0.4 is 5.73 Å². The summed E-state index contributed by atoms with van der Waals surface area (Å²) in [6.07, 6.45) is 1.94. The quantitative estimate of drug-likeness (QED) is 0.646. The molecule has 0 bridgehead atoms. The maximum Gasteiger partial charge on any atom is 0.217 e. The van der Waals surface area contributed by atoms with Crippen molar-refractivity contribution in [2.24, 2.45) is 5.73 Å². The Kier molecular flexibility index (Phi) is 5.13. The van der Waals surface area contributed by atoms with Crippen molar-refractivity contribution in [1.29, 1.82) is 0 Å². The Hall–Kier alpha value is -0.970. The average Bonchev–Trinajstić information content (AvgIpc) is 2.72. The van der Waals surface area contributed by atoms with E-state index in [4.69, 9.17) is 40.5 Å². The first-order valence-corrected chi connectivity index (χ1v) is 7.50. The summed E-state index contributed by atoms with van der Waals surface area (Å²) in [5.74, 6) is 0.784. The molecule has 2 N–H and O–H groups in total. The number of rotatable bonds is 6. The molecule has 0 fully saturated rings. The Morgan fingerprint density at radius 2 is 1.95 bits per heavy atom. The number of aromatic nitrogens is 2. The molecule has 0 saturated carbocycles. The van der Waals surface area contributed by atoms with E-state index in [1.54, 1.807) is 12.1 Å². The van der Waals surface area contributed by atoms with Gasteiger partial charge in [0, 0.05) is 13.0 Å². The number of primary amides is 1. The maximum absolute atomic E-state index is 10.7. The number of nitrogens with two attached hydrogens (primary N) is 1. The Labute approximate surface area is 131 Å². The molecule has 0 aliphatic carbocycles. The number of carbonyl (C=O) groups excluding carboxylic acids is 1. The highest BCUT2D eigenvalue weighted by Gasteiger charge is 2.12. The van der Waals surface area contributed by atoms with Crippen LogP contribution in [0.15, 0.2) is 12.1 Å². The molecule has 2 rings (SSSR count). The molecular weight excluding hydrogens is 321 g/mol. The standard InChI is InChI=1S/C13H14Cl3N3O/c14-7-13-18-10-5-8(15)9(16)6-11(10)19(13)4-2-1-3-12(17)20/h5-6H,1-4,7H2,(H2,17,20). The van der Waals surface area contributed by atoms with Gasteiger partial charge in [-0.25, -0.2) is 4.98 Å². The van der Waals surface area contributed by atoms with E-state index in [-0.39, 0.29) is 5.91 Å². The lowest BCUT2D eigenvalue weighted by Crippen LogP contribution is -2.10. The number of amides is 1. The molecule has 0 unspecified atom stereocenters. The molecule has 0 saturated heterocycles. The van der Waals surface area contributed by atoms with E-state index in [0.717, 1.165) is 29.7 Å². The van der Waals surface area contributed by atoms with Gasteiger partial charge < -0.3 is 10.3 Å². The second-order valence-electron chi connectivity index (χ2n) is 4.49. The largest absolute Gasteiger partial charge is 0.370 e. The normalized spacial score (nSPS) is 11.2. The molecular formula is C13H14Cl3N3O. The fraction of sp³-hybridized carbons (Fsp3) is 0.385. The number of halogens is 3. The van der Waals surface area contributed by atoms with E-state index < -0.39 is 0 Å². The number of unbranched alkanes of at least 4 members (excludes halogenated alkanes) is 1. The van der Waals surface area contributed by atoms with E-state index in [2.05, 4.69) is 4.98 Å². The zero-order chi connectivity index (χ0) is 14.7. The zero-order valence-corrected chi connectivity index (χ0v) is 13.0. The fourth-order valence-corrected chi connectivity index (χ4v) is 2.61. The van der Waals surface area contributed by atoms with Crippen LogP contribution in [0.1, 0.15) is 25.1 Å². The fourth-order valence-electron chi connectivity index (χ4n) is 2.09. The van der Waals surface area contributed by atoms with Gasteiger partial charge in [-0.1, -0.05) is 23.2 Å². The molecule has 1 aromatic carbocycles. The highest BCUT2D eigenvalue weighted by molar-refractivity contribution is 6.42. The topological polar surface area (TPSA) is 60.9 Å². The summed E-state index contributed by atoms with van der Waals surface area (Å²) < 4.78 is 2.01. The summed E-state index contributed by atoms with van der Waals surface area (Å²) >= 11 is 18.0. The first-order chi connectivity index (χ1) is 9.52. The molecule has 0 atom stereocenters. The zero-order valence-electron chi connectivity index (χ0n) is 10.7. The Morgan fingerprint density at radius 3 is 2.60 bits per heavy atom. The van der Waals surface area contributed by atoms with Gasteiger partial charge in [0.2, 0.25) is 5.91 Å².